The molecule has 0 bridgehead atoms. The number of ether oxygens (including phenoxy) is 1. The summed E-state index contributed by atoms with van der Waals surface area (Å²) in [6.45, 7) is 1.44. The lowest BCUT2D eigenvalue weighted by atomic mass is 10.1. The van der Waals surface area contributed by atoms with E-state index < -0.39 is 12.6 Å². The molecule has 1 aromatic carbocycles. The van der Waals surface area contributed by atoms with Crippen LogP contribution in [0.1, 0.15) is 52.0 Å². The zero-order chi connectivity index (χ0) is 17.8. The zero-order valence-electron chi connectivity index (χ0n) is 13.9. The van der Waals surface area contributed by atoms with Gasteiger partial charge < -0.3 is 15.2 Å². The van der Waals surface area contributed by atoms with Gasteiger partial charge in [-0.2, -0.15) is 0 Å². The number of carboxylic acids is 1. The second-order valence-electron chi connectivity index (χ2n) is 6.11. The molecule has 1 saturated carbocycles. The summed E-state index contributed by atoms with van der Waals surface area (Å²) < 4.78 is 5.13. The number of hydrogen-bond acceptors (Lipinski definition) is 5. The Labute approximate surface area is 149 Å². The summed E-state index contributed by atoms with van der Waals surface area (Å²) in [5.41, 5.74) is 1.31. The molecular weight excluding hydrogens is 340 g/mol. The van der Waals surface area contributed by atoms with Crippen molar-refractivity contribution in [3.8, 4) is 5.75 Å². The minimum Gasteiger partial charge on any atom is -0.482 e. The van der Waals surface area contributed by atoms with E-state index in [-0.39, 0.29) is 5.91 Å². The van der Waals surface area contributed by atoms with Crippen LogP contribution in [-0.4, -0.2) is 28.6 Å². The molecule has 3 rings (SSSR count). The van der Waals surface area contributed by atoms with Crippen molar-refractivity contribution in [3.63, 3.8) is 0 Å². The Morgan fingerprint density at radius 3 is 2.84 bits per heavy atom. The van der Waals surface area contributed by atoms with Crippen LogP contribution in [0, 0.1) is 6.92 Å². The third kappa shape index (κ3) is 4.36. The number of amides is 1. The SMILES string of the molecule is Cc1nc(C2CCCC2)sc1C(=O)Nc1cccc(OCC(=O)O)c1. The van der Waals surface area contributed by atoms with Gasteiger partial charge in [0.2, 0.25) is 0 Å². The maximum atomic E-state index is 12.6. The van der Waals surface area contributed by atoms with Gasteiger partial charge in [0, 0.05) is 17.7 Å². The van der Waals surface area contributed by atoms with Crippen LogP contribution in [0.4, 0.5) is 5.69 Å². The predicted octanol–water partition coefficient (Wildman–Crippen LogP) is 3.82. The molecule has 0 unspecified atom stereocenters. The monoisotopic (exact) mass is 360 g/mol. The lowest BCUT2D eigenvalue weighted by Crippen LogP contribution is -2.12. The third-order valence-electron chi connectivity index (χ3n) is 4.18. The van der Waals surface area contributed by atoms with Crippen LogP contribution in [0.5, 0.6) is 5.75 Å². The molecule has 1 heterocycles. The van der Waals surface area contributed by atoms with Gasteiger partial charge in [0.05, 0.1) is 10.7 Å². The Bertz CT molecular complexity index is 781. The first-order valence-electron chi connectivity index (χ1n) is 8.26. The van der Waals surface area contributed by atoms with Gasteiger partial charge in [0.15, 0.2) is 6.61 Å². The zero-order valence-corrected chi connectivity index (χ0v) is 14.8. The number of nitrogens with one attached hydrogen (secondary N) is 1. The normalized spacial score (nSPS) is 14.4. The highest BCUT2D eigenvalue weighted by molar-refractivity contribution is 7.14. The fourth-order valence-electron chi connectivity index (χ4n) is 2.97. The summed E-state index contributed by atoms with van der Waals surface area (Å²) in [6.07, 6.45) is 4.76. The fourth-order valence-corrected chi connectivity index (χ4v) is 4.10. The van der Waals surface area contributed by atoms with E-state index in [0.717, 1.165) is 23.5 Å². The fraction of sp³-hybridized carbons (Fsp3) is 0.389. The maximum absolute atomic E-state index is 12.6. The van der Waals surface area contributed by atoms with E-state index in [2.05, 4.69) is 10.3 Å². The van der Waals surface area contributed by atoms with E-state index in [0.29, 0.717) is 22.2 Å². The van der Waals surface area contributed by atoms with Gasteiger partial charge in [0.1, 0.15) is 10.6 Å². The van der Waals surface area contributed by atoms with Crippen molar-refractivity contribution in [2.75, 3.05) is 11.9 Å². The number of rotatable bonds is 6. The van der Waals surface area contributed by atoms with Crippen molar-refractivity contribution in [1.29, 1.82) is 0 Å². The number of nitrogens with zero attached hydrogens (tertiary/aromatic N) is 1. The summed E-state index contributed by atoms with van der Waals surface area (Å²) in [7, 11) is 0. The van der Waals surface area contributed by atoms with E-state index >= 15 is 0 Å². The molecule has 1 aliphatic carbocycles. The van der Waals surface area contributed by atoms with Crippen molar-refractivity contribution in [1.82, 2.24) is 4.98 Å². The molecule has 0 saturated heterocycles. The predicted molar refractivity (Wildman–Crippen MR) is 95.6 cm³/mol. The highest BCUT2D eigenvalue weighted by atomic mass is 32.1. The second kappa shape index (κ2) is 7.65. The summed E-state index contributed by atoms with van der Waals surface area (Å²) in [5.74, 6) is -0.366. The molecule has 132 valence electrons. The maximum Gasteiger partial charge on any atom is 0.341 e. The molecule has 25 heavy (non-hydrogen) atoms. The molecule has 2 N–H and O–H groups in total. The number of aryl methyl sites for hydroxylation is 1. The molecule has 0 radical (unpaired) electrons. The van der Waals surface area contributed by atoms with Gasteiger partial charge in [-0.1, -0.05) is 18.9 Å². The van der Waals surface area contributed by atoms with Crippen LogP contribution < -0.4 is 10.1 Å². The van der Waals surface area contributed by atoms with E-state index in [1.165, 1.54) is 24.2 Å². The quantitative estimate of drug-likeness (QED) is 0.817. The van der Waals surface area contributed by atoms with E-state index in [4.69, 9.17) is 9.84 Å². The molecule has 0 atom stereocenters. The van der Waals surface area contributed by atoms with E-state index in [1.807, 2.05) is 6.92 Å². The number of benzene rings is 1. The molecule has 1 aromatic heterocycles. The number of aromatic nitrogens is 1. The Morgan fingerprint density at radius 1 is 1.36 bits per heavy atom. The van der Waals surface area contributed by atoms with Crippen molar-refractivity contribution >= 4 is 28.9 Å². The average molecular weight is 360 g/mol. The summed E-state index contributed by atoms with van der Waals surface area (Å²) >= 11 is 1.47. The first-order chi connectivity index (χ1) is 12.0. The van der Waals surface area contributed by atoms with Crippen LogP contribution in [0.2, 0.25) is 0 Å². The molecular formula is C18H20N2O4S. The smallest absolute Gasteiger partial charge is 0.341 e. The van der Waals surface area contributed by atoms with Crippen LogP contribution in [-0.2, 0) is 4.79 Å². The van der Waals surface area contributed by atoms with Gasteiger partial charge >= 0.3 is 5.97 Å². The van der Waals surface area contributed by atoms with Crippen molar-refractivity contribution in [2.45, 2.75) is 38.5 Å². The molecule has 1 fully saturated rings. The number of anilines is 1. The average Bonchev–Trinajstić information content (AvgIpc) is 3.22. The number of aliphatic carboxylic acids is 1. The van der Waals surface area contributed by atoms with Gasteiger partial charge in [-0.05, 0) is 31.9 Å². The van der Waals surface area contributed by atoms with Crippen molar-refractivity contribution in [3.05, 3.63) is 39.8 Å². The Hall–Kier alpha value is -2.41. The first-order valence-corrected chi connectivity index (χ1v) is 9.08. The minimum absolute atomic E-state index is 0.199. The van der Waals surface area contributed by atoms with Gasteiger partial charge in [-0.25, -0.2) is 9.78 Å². The summed E-state index contributed by atoms with van der Waals surface area (Å²) in [4.78, 5) is 28.3. The molecule has 0 aliphatic heterocycles. The Morgan fingerprint density at radius 2 is 2.12 bits per heavy atom. The second-order valence-corrected chi connectivity index (χ2v) is 7.14. The van der Waals surface area contributed by atoms with Crippen LogP contribution in [0.15, 0.2) is 24.3 Å². The van der Waals surface area contributed by atoms with Crippen LogP contribution in [0.3, 0.4) is 0 Å². The van der Waals surface area contributed by atoms with Crippen LogP contribution in [0.25, 0.3) is 0 Å². The van der Waals surface area contributed by atoms with E-state index in [9.17, 15) is 9.59 Å². The Kier molecular flexibility index (Phi) is 5.33. The topological polar surface area (TPSA) is 88.5 Å². The first kappa shape index (κ1) is 17.4. The number of carbonyl (C=O) groups is 2. The largest absolute Gasteiger partial charge is 0.482 e. The summed E-state index contributed by atoms with van der Waals surface area (Å²) in [6, 6.07) is 6.69. The molecule has 2 aromatic rings. The van der Waals surface area contributed by atoms with Gasteiger partial charge in [-0.3, -0.25) is 4.79 Å². The van der Waals surface area contributed by atoms with Gasteiger partial charge in [0.25, 0.3) is 5.91 Å². The minimum atomic E-state index is -1.05. The van der Waals surface area contributed by atoms with Crippen molar-refractivity contribution in [2.24, 2.45) is 0 Å². The standard InChI is InChI=1S/C18H20N2O4S/c1-11-16(25-18(19-11)12-5-2-3-6-12)17(23)20-13-7-4-8-14(9-13)24-10-15(21)22/h4,7-9,12H,2-3,5-6,10H2,1H3,(H,20,23)(H,21,22). The Balaban J connectivity index is 1.69. The third-order valence-corrected chi connectivity index (χ3v) is 5.50. The number of thiazole rings is 1. The lowest BCUT2D eigenvalue weighted by molar-refractivity contribution is -0.139. The molecule has 1 amide bonds. The summed E-state index contributed by atoms with van der Waals surface area (Å²) in [5, 5.41) is 12.5. The molecule has 0 spiro atoms. The van der Waals surface area contributed by atoms with Crippen LogP contribution >= 0.6 is 11.3 Å². The highest BCUT2D eigenvalue weighted by Crippen LogP contribution is 2.37. The molecule has 6 nitrogen and oxygen atoms in total. The number of carboxylic acid groups (broad SMARTS) is 1. The van der Waals surface area contributed by atoms with E-state index in [1.54, 1.807) is 24.3 Å². The lowest BCUT2D eigenvalue weighted by Gasteiger charge is -2.07. The van der Waals surface area contributed by atoms with Crippen molar-refractivity contribution < 1.29 is 19.4 Å². The number of hydrogen-bond donors (Lipinski definition) is 2. The number of carbonyl (C=O) groups excluding carboxylic acids is 1. The highest BCUT2D eigenvalue weighted by Gasteiger charge is 2.23. The molecule has 1 aliphatic rings. The molecule has 7 heteroatoms. The van der Waals surface area contributed by atoms with Gasteiger partial charge in [-0.15, -0.1) is 11.3 Å².